The monoisotopic (exact) mass is 375 g/mol. The first-order valence-electron chi connectivity index (χ1n) is 9.61. The number of carbonyl (C=O) groups is 1. The molecule has 1 aliphatic rings. The lowest BCUT2D eigenvalue weighted by Crippen LogP contribution is -2.30. The van der Waals surface area contributed by atoms with E-state index in [1.807, 2.05) is 13.0 Å². The van der Waals surface area contributed by atoms with Crippen molar-refractivity contribution in [2.45, 2.75) is 52.2 Å². The van der Waals surface area contributed by atoms with Gasteiger partial charge in [-0.1, -0.05) is 6.92 Å². The summed E-state index contributed by atoms with van der Waals surface area (Å²) >= 11 is 0. The van der Waals surface area contributed by atoms with E-state index in [4.69, 9.17) is 9.15 Å². The number of ether oxygens (including phenoxy) is 1. The number of aryl methyl sites for hydroxylation is 1. The lowest BCUT2D eigenvalue weighted by Gasteiger charge is -2.19. The van der Waals surface area contributed by atoms with Gasteiger partial charge < -0.3 is 19.0 Å². The highest BCUT2D eigenvalue weighted by molar-refractivity contribution is 5.76. The smallest absolute Gasteiger partial charge is 0.222 e. The Morgan fingerprint density at radius 1 is 1.30 bits per heavy atom. The van der Waals surface area contributed by atoms with Crippen molar-refractivity contribution in [2.24, 2.45) is 0 Å². The van der Waals surface area contributed by atoms with Gasteiger partial charge in [0.2, 0.25) is 5.91 Å². The third kappa shape index (κ3) is 4.95. The van der Waals surface area contributed by atoms with Crippen molar-refractivity contribution in [2.75, 3.05) is 26.8 Å². The lowest BCUT2D eigenvalue weighted by molar-refractivity contribution is -0.122. The molecule has 0 aromatic carbocycles. The van der Waals surface area contributed by atoms with Gasteiger partial charge in [0.15, 0.2) is 5.82 Å². The molecule has 3 heterocycles. The van der Waals surface area contributed by atoms with Crippen LogP contribution < -0.4 is 5.32 Å². The van der Waals surface area contributed by atoms with E-state index in [1.54, 1.807) is 7.11 Å². The molecule has 0 fully saturated rings. The van der Waals surface area contributed by atoms with E-state index < -0.39 is 0 Å². The Morgan fingerprint density at radius 2 is 2.11 bits per heavy atom. The first-order valence-corrected chi connectivity index (χ1v) is 9.61. The van der Waals surface area contributed by atoms with E-state index in [-0.39, 0.29) is 11.9 Å². The summed E-state index contributed by atoms with van der Waals surface area (Å²) in [5, 5.41) is 11.7. The third-order valence-corrected chi connectivity index (χ3v) is 4.89. The molecule has 0 radical (unpaired) electrons. The summed E-state index contributed by atoms with van der Waals surface area (Å²) in [6.45, 7) is 7.86. The standard InChI is InChI=1S/C19H29N5O3/c1-4-15-5-6-16(27-15)13-23-9-7-17-21-22-19(24(17)11-10-23)14(2)20-18(25)8-12-26-3/h5-6,14H,4,7-13H2,1-3H3,(H,20,25). The fraction of sp³-hybridized carbons (Fsp3) is 0.632. The number of hydrogen-bond donors (Lipinski definition) is 1. The molecule has 1 unspecified atom stereocenters. The number of carbonyl (C=O) groups excluding carboxylic acids is 1. The summed E-state index contributed by atoms with van der Waals surface area (Å²) in [5.41, 5.74) is 0. The maximum Gasteiger partial charge on any atom is 0.222 e. The highest BCUT2D eigenvalue weighted by atomic mass is 16.5. The Hall–Kier alpha value is -2.19. The zero-order chi connectivity index (χ0) is 19.2. The summed E-state index contributed by atoms with van der Waals surface area (Å²) in [4.78, 5) is 14.3. The summed E-state index contributed by atoms with van der Waals surface area (Å²) in [5.74, 6) is 3.77. The number of fused-ring (bicyclic) bond motifs is 1. The van der Waals surface area contributed by atoms with Crippen molar-refractivity contribution in [3.8, 4) is 0 Å². The van der Waals surface area contributed by atoms with Gasteiger partial charge in [0, 0.05) is 46.0 Å². The molecular formula is C19H29N5O3. The number of furan rings is 1. The third-order valence-electron chi connectivity index (χ3n) is 4.89. The molecule has 2 aromatic heterocycles. The summed E-state index contributed by atoms with van der Waals surface area (Å²) in [6, 6.07) is 3.93. The predicted molar refractivity (Wildman–Crippen MR) is 100 cm³/mol. The molecule has 0 saturated carbocycles. The van der Waals surface area contributed by atoms with E-state index in [9.17, 15) is 4.79 Å². The Kier molecular flexibility index (Phi) is 6.63. The Bertz CT molecular complexity index is 754. The zero-order valence-electron chi connectivity index (χ0n) is 16.4. The topological polar surface area (TPSA) is 85.4 Å². The number of methoxy groups -OCH3 is 1. The molecule has 8 heteroatoms. The van der Waals surface area contributed by atoms with Crippen LogP contribution in [0.25, 0.3) is 0 Å². The van der Waals surface area contributed by atoms with Crippen molar-refractivity contribution < 1.29 is 13.9 Å². The van der Waals surface area contributed by atoms with Gasteiger partial charge in [-0.15, -0.1) is 10.2 Å². The number of rotatable bonds is 8. The number of amides is 1. The van der Waals surface area contributed by atoms with Gasteiger partial charge >= 0.3 is 0 Å². The van der Waals surface area contributed by atoms with Gasteiger partial charge in [0.05, 0.1) is 19.2 Å². The second-order valence-corrected chi connectivity index (χ2v) is 6.91. The predicted octanol–water partition coefficient (Wildman–Crippen LogP) is 1.71. The first-order chi connectivity index (χ1) is 13.1. The van der Waals surface area contributed by atoms with Gasteiger partial charge in [-0.2, -0.15) is 0 Å². The Balaban J connectivity index is 1.60. The molecule has 0 bridgehead atoms. The molecule has 27 heavy (non-hydrogen) atoms. The van der Waals surface area contributed by atoms with Gasteiger partial charge in [0.25, 0.3) is 0 Å². The molecule has 3 rings (SSSR count). The Morgan fingerprint density at radius 3 is 2.85 bits per heavy atom. The van der Waals surface area contributed by atoms with Crippen LogP contribution in [0.15, 0.2) is 16.5 Å². The molecule has 2 aromatic rings. The number of nitrogens with one attached hydrogen (secondary N) is 1. The van der Waals surface area contributed by atoms with Crippen LogP contribution in [0.1, 0.15) is 49.5 Å². The number of aromatic nitrogens is 3. The van der Waals surface area contributed by atoms with Gasteiger partial charge in [0.1, 0.15) is 17.3 Å². The molecule has 0 aliphatic carbocycles. The van der Waals surface area contributed by atoms with Crippen molar-refractivity contribution in [1.82, 2.24) is 25.0 Å². The fourth-order valence-corrected chi connectivity index (χ4v) is 3.36. The van der Waals surface area contributed by atoms with E-state index in [0.717, 1.165) is 62.2 Å². The summed E-state index contributed by atoms with van der Waals surface area (Å²) < 4.78 is 12.9. The quantitative estimate of drug-likeness (QED) is 0.756. The summed E-state index contributed by atoms with van der Waals surface area (Å²) in [6.07, 6.45) is 2.09. The van der Waals surface area contributed by atoms with E-state index >= 15 is 0 Å². The van der Waals surface area contributed by atoms with Crippen molar-refractivity contribution in [3.05, 3.63) is 35.3 Å². The summed E-state index contributed by atoms with van der Waals surface area (Å²) in [7, 11) is 1.59. The minimum absolute atomic E-state index is 0.0403. The lowest BCUT2D eigenvalue weighted by atomic mass is 10.3. The average molecular weight is 375 g/mol. The Labute approximate surface area is 159 Å². The molecule has 1 amide bonds. The van der Waals surface area contributed by atoms with E-state index in [1.165, 1.54) is 0 Å². The second-order valence-electron chi connectivity index (χ2n) is 6.91. The van der Waals surface area contributed by atoms with Crippen LogP contribution in [0.3, 0.4) is 0 Å². The molecule has 148 valence electrons. The molecule has 1 aliphatic heterocycles. The maximum atomic E-state index is 12.0. The molecule has 1 atom stereocenters. The fourth-order valence-electron chi connectivity index (χ4n) is 3.36. The zero-order valence-corrected chi connectivity index (χ0v) is 16.4. The molecular weight excluding hydrogens is 346 g/mol. The van der Waals surface area contributed by atoms with Crippen LogP contribution in [0, 0.1) is 0 Å². The van der Waals surface area contributed by atoms with E-state index in [0.29, 0.717) is 13.0 Å². The van der Waals surface area contributed by atoms with Crippen LogP contribution >= 0.6 is 0 Å². The minimum Gasteiger partial charge on any atom is -0.465 e. The highest BCUT2D eigenvalue weighted by Crippen LogP contribution is 2.18. The number of nitrogens with zero attached hydrogens (tertiary/aromatic N) is 4. The van der Waals surface area contributed by atoms with Crippen LogP contribution in [-0.2, 0) is 35.5 Å². The molecule has 8 nitrogen and oxygen atoms in total. The van der Waals surface area contributed by atoms with Gasteiger partial charge in [-0.25, -0.2) is 0 Å². The largest absolute Gasteiger partial charge is 0.465 e. The SMILES string of the molecule is CCc1ccc(CN2CCc3nnc(C(C)NC(=O)CCOC)n3CC2)o1. The van der Waals surface area contributed by atoms with Crippen LogP contribution in [0.2, 0.25) is 0 Å². The normalized spacial score (nSPS) is 16.0. The van der Waals surface area contributed by atoms with Crippen LogP contribution in [0.5, 0.6) is 0 Å². The maximum absolute atomic E-state index is 12.0. The molecule has 0 saturated heterocycles. The van der Waals surface area contributed by atoms with Crippen molar-refractivity contribution >= 4 is 5.91 Å². The van der Waals surface area contributed by atoms with Crippen LogP contribution in [0.4, 0.5) is 0 Å². The van der Waals surface area contributed by atoms with E-state index in [2.05, 4.69) is 38.0 Å². The molecule has 1 N–H and O–H groups in total. The number of hydrogen-bond acceptors (Lipinski definition) is 6. The van der Waals surface area contributed by atoms with Crippen LogP contribution in [-0.4, -0.2) is 52.4 Å². The minimum atomic E-state index is -0.181. The van der Waals surface area contributed by atoms with Gasteiger partial charge in [-0.05, 0) is 19.1 Å². The van der Waals surface area contributed by atoms with Crippen molar-refractivity contribution in [1.29, 1.82) is 0 Å². The highest BCUT2D eigenvalue weighted by Gasteiger charge is 2.23. The molecule has 0 spiro atoms. The second kappa shape index (κ2) is 9.14. The van der Waals surface area contributed by atoms with Gasteiger partial charge in [-0.3, -0.25) is 9.69 Å². The average Bonchev–Trinajstić information content (AvgIpc) is 3.24. The first kappa shape index (κ1) is 19.6. The van der Waals surface area contributed by atoms with Crippen molar-refractivity contribution in [3.63, 3.8) is 0 Å².